The van der Waals surface area contributed by atoms with E-state index in [4.69, 9.17) is 0 Å². The molecule has 3 heteroatoms. The summed E-state index contributed by atoms with van der Waals surface area (Å²) in [6, 6.07) is 31.0. The highest BCUT2D eigenvalue weighted by atomic mass is 16.2. The number of hydrogen-bond acceptors (Lipinski definition) is 2. The van der Waals surface area contributed by atoms with E-state index in [1.807, 2.05) is 47.4 Å². The van der Waals surface area contributed by atoms with E-state index in [1.54, 1.807) is 0 Å². The van der Waals surface area contributed by atoms with Crippen molar-refractivity contribution >= 4 is 11.7 Å². The van der Waals surface area contributed by atoms with Crippen LogP contribution in [0.4, 0.5) is 0 Å². The molecule has 31 heavy (non-hydrogen) atoms. The van der Waals surface area contributed by atoms with Gasteiger partial charge in [0.05, 0.1) is 6.42 Å². The minimum atomic E-state index is -0.247. The standard InChI is InChI=1S/C28H27NO2/c30-26-16-17-28(22-12-6-2-7-13-22,23-14-8-3-9-15-23)25-20-29(19-24(25)26)27(31)18-21-10-4-1-5-11-21/h1-15,24-25H,16-20H2/t24-,25+/m0/s1. The highest BCUT2D eigenvalue weighted by Crippen LogP contribution is 2.52. The van der Waals surface area contributed by atoms with Crippen LogP contribution < -0.4 is 0 Å². The van der Waals surface area contributed by atoms with Gasteiger partial charge in [-0.3, -0.25) is 9.59 Å². The second-order valence-corrected chi connectivity index (χ2v) is 8.84. The molecule has 1 aliphatic heterocycles. The fraction of sp³-hybridized carbons (Fsp3) is 0.286. The van der Waals surface area contributed by atoms with Crippen LogP contribution in [-0.2, 0) is 21.4 Å². The predicted octanol–water partition coefficient (Wildman–Crippen LogP) is 4.65. The number of fused-ring (bicyclic) bond motifs is 1. The lowest BCUT2D eigenvalue weighted by molar-refractivity contribution is -0.129. The maximum atomic E-state index is 13.2. The molecule has 1 saturated carbocycles. The number of rotatable bonds is 4. The molecule has 0 spiro atoms. The van der Waals surface area contributed by atoms with E-state index in [1.165, 1.54) is 11.1 Å². The molecular weight excluding hydrogens is 382 g/mol. The first-order valence-corrected chi connectivity index (χ1v) is 11.1. The Morgan fingerprint density at radius 3 is 1.94 bits per heavy atom. The summed E-state index contributed by atoms with van der Waals surface area (Å²) in [6.45, 7) is 1.17. The van der Waals surface area contributed by atoms with Crippen LogP contribution in [0.15, 0.2) is 91.0 Å². The van der Waals surface area contributed by atoms with Gasteiger partial charge in [0, 0.05) is 36.8 Å². The van der Waals surface area contributed by atoms with E-state index in [0.717, 1.165) is 12.0 Å². The van der Waals surface area contributed by atoms with Crippen molar-refractivity contribution in [2.24, 2.45) is 11.8 Å². The number of Topliss-reactive ketones (excluding diaryl/α,β-unsaturated/α-hetero) is 1. The molecule has 0 aromatic heterocycles. The van der Waals surface area contributed by atoms with Gasteiger partial charge in [-0.05, 0) is 23.1 Å². The summed E-state index contributed by atoms with van der Waals surface area (Å²) in [4.78, 5) is 28.1. The molecule has 2 atom stereocenters. The summed E-state index contributed by atoms with van der Waals surface area (Å²) in [7, 11) is 0. The van der Waals surface area contributed by atoms with Crippen molar-refractivity contribution in [3.8, 4) is 0 Å². The van der Waals surface area contributed by atoms with Gasteiger partial charge >= 0.3 is 0 Å². The van der Waals surface area contributed by atoms with Gasteiger partial charge in [0.2, 0.25) is 5.91 Å². The monoisotopic (exact) mass is 409 g/mol. The molecule has 2 fully saturated rings. The van der Waals surface area contributed by atoms with E-state index in [-0.39, 0.29) is 23.2 Å². The SMILES string of the molecule is O=C1CCC(c2ccccc2)(c2ccccc2)[C@@H]2CN(C(=O)Cc3ccccc3)C[C@H]12. The molecule has 3 aromatic rings. The first-order valence-electron chi connectivity index (χ1n) is 11.1. The number of carbonyl (C=O) groups excluding carboxylic acids is 2. The summed E-state index contributed by atoms with van der Waals surface area (Å²) in [5, 5.41) is 0. The maximum absolute atomic E-state index is 13.2. The third kappa shape index (κ3) is 3.48. The average molecular weight is 410 g/mol. The van der Waals surface area contributed by atoms with Gasteiger partial charge in [0.1, 0.15) is 5.78 Å². The molecular formula is C28H27NO2. The molecule has 0 bridgehead atoms. The number of hydrogen-bond donors (Lipinski definition) is 0. The summed E-state index contributed by atoms with van der Waals surface area (Å²) < 4.78 is 0. The zero-order valence-corrected chi connectivity index (χ0v) is 17.6. The summed E-state index contributed by atoms with van der Waals surface area (Å²) in [5.41, 5.74) is 3.27. The normalized spacial score (nSPS) is 22.2. The molecule has 1 amide bonds. The van der Waals surface area contributed by atoms with Crippen molar-refractivity contribution in [2.45, 2.75) is 24.7 Å². The van der Waals surface area contributed by atoms with E-state index < -0.39 is 0 Å². The van der Waals surface area contributed by atoms with Crippen molar-refractivity contribution in [3.63, 3.8) is 0 Å². The fourth-order valence-corrected chi connectivity index (χ4v) is 5.76. The van der Waals surface area contributed by atoms with Gasteiger partial charge in [0.15, 0.2) is 0 Å². The Hall–Kier alpha value is -3.20. The van der Waals surface area contributed by atoms with Crippen LogP contribution >= 0.6 is 0 Å². The minimum Gasteiger partial charge on any atom is -0.341 e. The van der Waals surface area contributed by atoms with Crippen molar-refractivity contribution in [1.29, 1.82) is 0 Å². The summed E-state index contributed by atoms with van der Waals surface area (Å²) in [5.74, 6) is 0.415. The summed E-state index contributed by atoms with van der Waals surface area (Å²) in [6.07, 6.45) is 1.74. The number of ketones is 1. The Morgan fingerprint density at radius 1 is 0.806 bits per heavy atom. The van der Waals surface area contributed by atoms with Gasteiger partial charge in [0.25, 0.3) is 0 Å². The Bertz CT molecular complexity index is 1020. The molecule has 2 aliphatic rings. The van der Waals surface area contributed by atoms with Crippen LogP contribution in [0.5, 0.6) is 0 Å². The number of nitrogens with zero attached hydrogens (tertiary/aromatic N) is 1. The molecule has 3 aromatic carbocycles. The number of benzene rings is 3. The van der Waals surface area contributed by atoms with E-state index in [9.17, 15) is 9.59 Å². The Labute approximate surface area is 183 Å². The molecule has 1 aliphatic carbocycles. The van der Waals surface area contributed by atoms with Crippen molar-refractivity contribution in [2.75, 3.05) is 13.1 Å². The Morgan fingerprint density at radius 2 is 1.35 bits per heavy atom. The van der Waals surface area contributed by atoms with E-state index in [2.05, 4.69) is 48.5 Å². The minimum absolute atomic E-state index is 0.0956. The first kappa shape index (κ1) is 19.7. The molecule has 5 rings (SSSR count). The fourth-order valence-electron chi connectivity index (χ4n) is 5.76. The first-order chi connectivity index (χ1) is 15.2. The Kier molecular flexibility index (Phi) is 5.19. The van der Waals surface area contributed by atoms with Crippen molar-refractivity contribution in [3.05, 3.63) is 108 Å². The second-order valence-electron chi connectivity index (χ2n) is 8.84. The van der Waals surface area contributed by atoms with Crippen molar-refractivity contribution < 1.29 is 9.59 Å². The highest BCUT2D eigenvalue weighted by molar-refractivity contribution is 5.86. The van der Waals surface area contributed by atoms with Crippen LogP contribution in [0.25, 0.3) is 0 Å². The molecule has 156 valence electrons. The van der Waals surface area contributed by atoms with Gasteiger partial charge in [-0.1, -0.05) is 91.0 Å². The van der Waals surface area contributed by atoms with Crippen LogP contribution in [-0.4, -0.2) is 29.7 Å². The lowest BCUT2D eigenvalue weighted by Gasteiger charge is -2.45. The van der Waals surface area contributed by atoms with Crippen LogP contribution in [0.3, 0.4) is 0 Å². The van der Waals surface area contributed by atoms with Crippen LogP contribution in [0.2, 0.25) is 0 Å². The molecule has 0 radical (unpaired) electrons. The zero-order chi connectivity index (χ0) is 21.3. The Balaban J connectivity index is 1.52. The highest BCUT2D eigenvalue weighted by Gasteiger charge is 2.55. The maximum Gasteiger partial charge on any atom is 0.227 e. The molecule has 0 unspecified atom stereocenters. The van der Waals surface area contributed by atoms with Gasteiger partial charge < -0.3 is 4.90 Å². The van der Waals surface area contributed by atoms with Crippen LogP contribution in [0.1, 0.15) is 29.5 Å². The van der Waals surface area contributed by atoms with Gasteiger partial charge in [-0.15, -0.1) is 0 Å². The third-order valence-corrected chi connectivity index (χ3v) is 7.26. The lowest BCUT2D eigenvalue weighted by Crippen LogP contribution is -2.47. The van der Waals surface area contributed by atoms with E-state index in [0.29, 0.717) is 31.7 Å². The van der Waals surface area contributed by atoms with Gasteiger partial charge in [-0.2, -0.15) is 0 Å². The quantitative estimate of drug-likeness (QED) is 0.629. The summed E-state index contributed by atoms with van der Waals surface area (Å²) >= 11 is 0. The van der Waals surface area contributed by atoms with E-state index >= 15 is 0 Å². The third-order valence-electron chi connectivity index (χ3n) is 7.26. The van der Waals surface area contributed by atoms with Gasteiger partial charge in [-0.25, -0.2) is 0 Å². The predicted molar refractivity (Wildman–Crippen MR) is 122 cm³/mol. The number of amides is 1. The zero-order valence-electron chi connectivity index (χ0n) is 17.6. The largest absolute Gasteiger partial charge is 0.341 e. The smallest absolute Gasteiger partial charge is 0.227 e. The average Bonchev–Trinajstić information content (AvgIpc) is 3.29. The lowest BCUT2D eigenvalue weighted by atomic mass is 9.56. The number of likely N-dealkylation sites (tertiary alicyclic amines) is 1. The molecule has 0 N–H and O–H groups in total. The van der Waals surface area contributed by atoms with Crippen molar-refractivity contribution in [1.82, 2.24) is 4.90 Å². The van der Waals surface area contributed by atoms with Crippen LogP contribution in [0, 0.1) is 11.8 Å². The second kappa shape index (κ2) is 8.14. The number of carbonyl (C=O) groups is 2. The molecule has 1 saturated heterocycles. The molecule has 3 nitrogen and oxygen atoms in total. The molecule has 1 heterocycles. The topological polar surface area (TPSA) is 37.4 Å².